The van der Waals surface area contributed by atoms with E-state index < -0.39 is 0 Å². The van der Waals surface area contributed by atoms with Crippen LogP contribution in [0.1, 0.15) is 20.7 Å². The zero-order valence-electron chi connectivity index (χ0n) is 22.9. The monoisotopic (exact) mass is 538 g/mol. The number of rotatable bonds is 6. The lowest BCUT2D eigenvalue weighted by Gasteiger charge is -2.23. The number of hydrogen-bond acceptors (Lipinski definition) is 8. The van der Waals surface area contributed by atoms with Gasteiger partial charge in [-0.3, -0.25) is 9.59 Å². The molecule has 0 fully saturated rings. The highest BCUT2D eigenvalue weighted by atomic mass is 16.5. The number of carbonyl (C=O) groups is 2. The molecule has 6 rings (SSSR count). The summed E-state index contributed by atoms with van der Waals surface area (Å²) in [5.74, 6) is 1.87. The first-order valence-electron chi connectivity index (χ1n) is 12.5. The van der Waals surface area contributed by atoms with Crippen molar-refractivity contribution in [2.24, 2.45) is 0 Å². The van der Waals surface area contributed by atoms with E-state index in [9.17, 15) is 9.59 Å². The molecule has 0 N–H and O–H groups in total. The summed E-state index contributed by atoms with van der Waals surface area (Å²) in [6, 6.07) is 9.70. The zero-order valence-corrected chi connectivity index (χ0v) is 22.9. The third kappa shape index (κ3) is 3.38. The molecule has 8 nitrogen and oxygen atoms in total. The Morgan fingerprint density at radius 3 is 1.82 bits per heavy atom. The van der Waals surface area contributed by atoms with Crippen LogP contribution in [-0.4, -0.2) is 54.2 Å². The highest BCUT2D eigenvalue weighted by Crippen LogP contribution is 2.42. The van der Waals surface area contributed by atoms with Crippen LogP contribution in [-0.2, 0) is 14.2 Å². The molecule has 40 heavy (non-hydrogen) atoms. The molecule has 0 unspecified atom stereocenters. The van der Waals surface area contributed by atoms with Crippen molar-refractivity contribution in [3.63, 3.8) is 0 Å². The number of Topliss-reactive ketones (excluding diaryl/α,β-unsaturated/α-hetero) is 1. The second-order valence-electron chi connectivity index (χ2n) is 9.34. The van der Waals surface area contributed by atoms with E-state index in [1.54, 1.807) is 33.5 Å². The van der Waals surface area contributed by atoms with E-state index in [2.05, 4.69) is 0 Å². The lowest BCUT2D eigenvalue weighted by atomic mass is 9.84. The molecule has 2 aliphatic rings. The van der Waals surface area contributed by atoms with Crippen molar-refractivity contribution in [2.45, 2.75) is 0 Å². The number of allylic oxidation sites excluding steroid dienone is 3. The number of methoxy groups -OCH3 is 6. The molecule has 202 valence electrons. The third-order valence-electron chi connectivity index (χ3n) is 7.52. The molecule has 0 radical (unpaired) electrons. The summed E-state index contributed by atoms with van der Waals surface area (Å²) >= 11 is 0. The van der Waals surface area contributed by atoms with E-state index in [1.165, 1.54) is 27.4 Å². The van der Waals surface area contributed by atoms with Crippen molar-refractivity contribution in [1.29, 1.82) is 0 Å². The maximum atomic E-state index is 13.8. The fourth-order valence-electron chi connectivity index (χ4n) is 5.78. The Labute approximate surface area is 229 Å². The summed E-state index contributed by atoms with van der Waals surface area (Å²) in [4.78, 5) is 27.6. The number of ether oxygens (including phenoxy) is 6. The van der Waals surface area contributed by atoms with E-state index in [4.69, 9.17) is 28.4 Å². The third-order valence-corrected chi connectivity index (χ3v) is 7.52. The summed E-state index contributed by atoms with van der Waals surface area (Å²) in [6.07, 6.45) is 4.77. The van der Waals surface area contributed by atoms with Crippen LogP contribution in [0.5, 0.6) is 17.2 Å². The highest BCUT2D eigenvalue weighted by molar-refractivity contribution is 6.27. The number of carbonyl (C=O) groups excluding carboxylic acids is 2. The Kier molecular flexibility index (Phi) is 5.91. The molecule has 0 heterocycles. The van der Waals surface area contributed by atoms with Crippen molar-refractivity contribution >= 4 is 55.7 Å². The standard InChI is InChI=1S/C32H26O8/c1-35-22-8-7-18-26(30(22)34)20-11-17-9-15-12-23(36-2)24(37-3)13-16(15)10-19(17)31(39-5)28(20)29-21(33)14-25(38-4)32(40-6)27(18)29/h7-14H,1-6H3. The lowest BCUT2D eigenvalue weighted by molar-refractivity contribution is 0.0951. The first-order chi connectivity index (χ1) is 19.4. The van der Waals surface area contributed by atoms with Crippen molar-refractivity contribution in [1.82, 2.24) is 0 Å². The molecule has 0 amide bonds. The molecule has 0 saturated carbocycles. The van der Waals surface area contributed by atoms with Crippen LogP contribution in [0.2, 0.25) is 0 Å². The largest absolute Gasteiger partial charge is 0.495 e. The van der Waals surface area contributed by atoms with Gasteiger partial charge in [0.1, 0.15) is 5.75 Å². The SMILES string of the molecule is COC1=CC=c2c(c3cc4cc5cc(OC)c(OC)cc5cc4c(OC)c3c3c2=C(OC)C(OC)=CC3=O)C1=O. The Balaban J connectivity index is 1.89. The molecule has 2 aliphatic carbocycles. The number of fused-ring (bicyclic) bond motifs is 8. The predicted molar refractivity (Wildman–Crippen MR) is 152 cm³/mol. The van der Waals surface area contributed by atoms with Crippen molar-refractivity contribution in [3.8, 4) is 17.2 Å². The molecule has 0 aromatic heterocycles. The second kappa shape index (κ2) is 9.34. The molecular weight excluding hydrogens is 512 g/mol. The van der Waals surface area contributed by atoms with Crippen LogP contribution in [0.4, 0.5) is 0 Å². The fourth-order valence-corrected chi connectivity index (χ4v) is 5.78. The van der Waals surface area contributed by atoms with Crippen molar-refractivity contribution in [3.05, 3.63) is 75.6 Å². The highest BCUT2D eigenvalue weighted by Gasteiger charge is 2.32. The van der Waals surface area contributed by atoms with Crippen LogP contribution < -0.4 is 24.6 Å². The van der Waals surface area contributed by atoms with Gasteiger partial charge in [0.2, 0.25) is 5.78 Å². The maximum Gasteiger partial charge on any atom is 0.228 e. The molecule has 4 aromatic carbocycles. The van der Waals surface area contributed by atoms with Gasteiger partial charge in [-0.05, 0) is 69.2 Å². The van der Waals surface area contributed by atoms with Gasteiger partial charge in [0.15, 0.2) is 34.6 Å². The molecular formula is C32H26O8. The summed E-state index contributed by atoms with van der Waals surface area (Å²) in [6.45, 7) is 0. The summed E-state index contributed by atoms with van der Waals surface area (Å²) in [7, 11) is 9.16. The summed E-state index contributed by atoms with van der Waals surface area (Å²) in [5, 5.41) is 5.48. The Bertz CT molecular complexity index is 2000. The topological polar surface area (TPSA) is 89.5 Å². The quantitative estimate of drug-likeness (QED) is 0.338. The van der Waals surface area contributed by atoms with Gasteiger partial charge in [-0.15, -0.1) is 0 Å². The van der Waals surface area contributed by atoms with Crippen molar-refractivity contribution in [2.75, 3.05) is 42.7 Å². The minimum Gasteiger partial charge on any atom is -0.495 e. The normalized spacial score (nSPS) is 14.3. The molecule has 0 aliphatic heterocycles. The number of hydrogen-bond donors (Lipinski definition) is 0. The first kappa shape index (κ1) is 25.3. The Morgan fingerprint density at radius 2 is 1.23 bits per heavy atom. The van der Waals surface area contributed by atoms with Crippen molar-refractivity contribution < 1.29 is 38.0 Å². The molecule has 0 atom stereocenters. The lowest BCUT2D eigenvalue weighted by Crippen LogP contribution is -2.41. The minimum absolute atomic E-state index is 0.187. The second-order valence-corrected chi connectivity index (χ2v) is 9.34. The van der Waals surface area contributed by atoms with Crippen LogP contribution in [0.3, 0.4) is 0 Å². The number of benzene rings is 4. The van der Waals surface area contributed by atoms with Crippen LogP contribution in [0.15, 0.2) is 54.0 Å². The van der Waals surface area contributed by atoms with Gasteiger partial charge in [0, 0.05) is 33.2 Å². The van der Waals surface area contributed by atoms with Crippen LogP contribution in [0.25, 0.3) is 44.2 Å². The zero-order chi connectivity index (χ0) is 28.3. The van der Waals surface area contributed by atoms with Gasteiger partial charge in [-0.1, -0.05) is 0 Å². The van der Waals surface area contributed by atoms with Gasteiger partial charge < -0.3 is 28.4 Å². The van der Waals surface area contributed by atoms with Gasteiger partial charge in [-0.25, -0.2) is 0 Å². The predicted octanol–water partition coefficient (Wildman–Crippen LogP) is 4.16. The number of ketones is 2. The van der Waals surface area contributed by atoms with Gasteiger partial charge in [0.05, 0.1) is 42.7 Å². The van der Waals surface area contributed by atoms with Gasteiger partial charge in [0.25, 0.3) is 0 Å². The van der Waals surface area contributed by atoms with E-state index >= 15 is 0 Å². The van der Waals surface area contributed by atoms with Gasteiger partial charge in [-0.2, -0.15) is 0 Å². The van der Waals surface area contributed by atoms with E-state index in [0.29, 0.717) is 55.3 Å². The van der Waals surface area contributed by atoms with Crippen LogP contribution in [0, 0.1) is 0 Å². The molecule has 4 aromatic rings. The van der Waals surface area contributed by atoms with Gasteiger partial charge >= 0.3 is 0 Å². The van der Waals surface area contributed by atoms with E-state index in [0.717, 1.165) is 21.5 Å². The van der Waals surface area contributed by atoms with E-state index in [1.807, 2.05) is 30.3 Å². The molecule has 8 heteroatoms. The fraction of sp³-hybridized carbons (Fsp3) is 0.188. The maximum absolute atomic E-state index is 13.8. The first-order valence-corrected chi connectivity index (χ1v) is 12.5. The molecule has 0 bridgehead atoms. The smallest absolute Gasteiger partial charge is 0.228 e. The van der Waals surface area contributed by atoms with E-state index in [-0.39, 0.29) is 23.1 Å². The Morgan fingerprint density at radius 1 is 0.575 bits per heavy atom. The Hall–Kier alpha value is -4.98. The minimum atomic E-state index is -0.308. The summed E-state index contributed by atoms with van der Waals surface area (Å²) in [5.41, 5.74) is 0.760. The summed E-state index contributed by atoms with van der Waals surface area (Å²) < 4.78 is 33.7. The molecule has 0 spiro atoms. The van der Waals surface area contributed by atoms with Crippen LogP contribution >= 0.6 is 0 Å². The molecule has 0 saturated heterocycles. The average Bonchev–Trinajstić information content (AvgIpc) is 2.97. The average molecular weight is 539 g/mol.